The minimum absolute atomic E-state index is 0.0469. The quantitative estimate of drug-likeness (QED) is 0.731. The second kappa shape index (κ2) is 6.08. The van der Waals surface area contributed by atoms with Crippen molar-refractivity contribution in [3.63, 3.8) is 0 Å². The lowest BCUT2D eigenvalue weighted by Gasteiger charge is -2.14. The summed E-state index contributed by atoms with van der Waals surface area (Å²) in [5.41, 5.74) is 6.87. The molecule has 0 saturated heterocycles. The van der Waals surface area contributed by atoms with E-state index in [9.17, 15) is 4.79 Å². The van der Waals surface area contributed by atoms with Gasteiger partial charge in [0.25, 0.3) is 0 Å². The molecule has 0 saturated carbocycles. The lowest BCUT2D eigenvalue weighted by Crippen LogP contribution is -2.44. The van der Waals surface area contributed by atoms with Gasteiger partial charge in [-0.15, -0.1) is 6.58 Å². The number of amides is 1. The number of hydrogen-bond donors (Lipinski definition) is 2. The van der Waals surface area contributed by atoms with Crippen LogP contribution in [0.25, 0.3) is 0 Å². The molecule has 0 heterocycles. The number of nitrogens with one attached hydrogen (secondary N) is 1. The van der Waals surface area contributed by atoms with Crippen LogP contribution in [-0.2, 0) is 11.2 Å². The maximum Gasteiger partial charge on any atom is 0.237 e. The largest absolute Gasteiger partial charge is 0.349 e. The van der Waals surface area contributed by atoms with E-state index in [1.54, 1.807) is 6.08 Å². The Hall–Kier alpha value is -1.61. The first-order valence-electron chi connectivity index (χ1n) is 5.36. The Bertz CT molecular complexity index is 348. The summed E-state index contributed by atoms with van der Waals surface area (Å²) in [5, 5.41) is 2.77. The van der Waals surface area contributed by atoms with Crippen LogP contribution in [0.4, 0.5) is 0 Å². The molecule has 0 aliphatic rings. The van der Waals surface area contributed by atoms with E-state index in [1.807, 2.05) is 37.3 Å². The van der Waals surface area contributed by atoms with Crippen molar-refractivity contribution in [1.82, 2.24) is 5.32 Å². The van der Waals surface area contributed by atoms with Gasteiger partial charge in [-0.3, -0.25) is 4.79 Å². The lowest BCUT2D eigenvalue weighted by atomic mass is 10.1. The molecule has 1 aromatic rings. The number of nitrogens with two attached hydrogens (primary N) is 1. The van der Waals surface area contributed by atoms with Gasteiger partial charge in [-0.05, 0) is 18.9 Å². The summed E-state index contributed by atoms with van der Waals surface area (Å²) in [7, 11) is 0. The molecule has 3 N–H and O–H groups in total. The number of carbonyl (C=O) groups is 1. The number of benzene rings is 1. The zero-order valence-electron chi connectivity index (χ0n) is 9.52. The molecule has 1 rings (SSSR count). The van der Waals surface area contributed by atoms with Crippen molar-refractivity contribution in [2.75, 3.05) is 0 Å². The van der Waals surface area contributed by atoms with Gasteiger partial charge >= 0.3 is 0 Å². The maximum atomic E-state index is 11.6. The first-order valence-corrected chi connectivity index (χ1v) is 5.36. The standard InChI is InChI=1S/C13H18N2O/c1-3-10(2)15-13(16)12(14)9-11-7-5-4-6-8-11/h3-8,10,12H,1,9,14H2,2H3,(H,15,16). The number of carbonyl (C=O) groups excluding carboxylic acids is 1. The van der Waals surface area contributed by atoms with Crippen molar-refractivity contribution in [2.45, 2.75) is 25.4 Å². The van der Waals surface area contributed by atoms with E-state index in [0.717, 1.165) is 5.56 Å². The van der Waals surface area contributed by atoms with Gasteiger partial charge in [-0.1, -0.05) is 36.4 Å². The Morgan fingerprint density at radius 3 is 2.69 bits per heavy atom. The molecule has 86 valence electrons. The average molecular weight is 218 g/mol. The van der Waals surface area contributed by atoms with Crippen LogP contribution in [-0.4, -0.2) is 18.0 Å². The molecule has 0 aliphatic heterocycles. The van der Waals surface area contributed by atoms with E-state index >= 15 is 0 Å². The van der Waals surface area contributed by atoms with Crippen LogP contribution in [0.3, 0.4) is 0 Å². The van der Waals surface area contributed by atoms with E-state index < -0.39 is 6.04 Å². The Kier molecular flexibility index (Phi) is 4.73. The molecule has 0 bridgehead atoms. The van der Waals surface area contributed by atoms with Crippen LogP contribution >= 0.6 is 0 Å². The molecule has 0 aromatic heterocycles. The van der Waals surface area contributed by atoms with Crippen molar-refractivity contribution in [2.24, 2.45) is 5.73 Å². The Morgan fingerprint density at radius 1 is 1.50 bits per heavy atom. The Morgan fingerprint density at radius 2 is 2.12 bits per heavy atom. The summed E-state index contributed by atoms with van der Waals surface area (Å²) in [5.74, 6) is -0.142. The number of rotatable bonds is 5. The molecule has 0 radical (unpaired) electrons. The van der Waals surface area contributed by atoms with Crippen LogP contribution in [0.15, 0.2) is 43.0 Å². The summed E-state index contributed by atoms with van der Waals surface area (Å²) in [4.78, 5) is 11.6. The number of hydrogen-bond acceptors (Lipinski definition) is 2. The third-order valence-electron chi connectivity index (χ3n) is 2.36. The van der Waals surface area contributed by atoms with Crippen LogP contribution in [0.2, 0.25) is 0 Å². The highest BCUT2D eigenvalue weighted by Gasteiger charge is 2.14. The van der Waals surface area contributed by atoms with E-state index in [-0.39, 0.29) is 11.9 Å². The second-order valence-electron chi connectivity index (χ2n) is 3.83. The van der Waals surface area contributed by atoms with E-state index in [1.165, 1.54) is 0 Å². The van der Waals surface area contributed by atoms with Crippen molar-refractivity contribution < 1.29 is 4.79 Å². The topological polar surface area (TPSA) is 55.1 Å². The molecule has 0 fully saturated rings. The summed E-state index contributed by atoms with van der Waals surface area (Å²) < 4.78 is 0. The molecule has 2 unspecified atom stereocenters. The average Bonchev–Trinajstić information content (AvgIpc) is 2.30. The van der Waals surface area contributed by atoms with Crippen molar-refractivity contribution in [3.8, 4) is 0 Å². The smallest absolute Gasteiger partial charge is 0.237 e. The molecule has 16 heavy (non-hydrogen) atoms. The molecule has 3 heteroatoms. The summed E-state index contributed by atoms with van der Waals surface area (Å²) in [6.07, 6.45) is 2.23. The van der Waals surface area contributed by atoms with Gasteiger partial charge in [0.15, 0.2) is 0 Å². The van der Waals surface area contributed by atoms with Gasteiger partial charge in [0.1, 0.15) is 0 Å². The highest BCUT2D eigenvalue weighted by atomic mass is 16.2. The van der Waals surface area contributed by atoms with Crippen molar-refractivity contribution in [3.05, 3.63) is 48.6 Å². The molecular formula is C13H18N2O. The van der Waals surface area contributed by atoms with Gasteiger partial charge < -0.3 is 11.1 Å². The fraction of sp³-hybridized carbons (Fsp3) is 0.308. The fourth-order valence-corrected chi connectivity index (χ4v) is 1.35. The molecule has 3 nitrogen and oxygen atoms in total. The Labute approximate surface area is 96.3 Å². The van der Waals surface area contributed by atoms with Crippen molar-refractivity contribution >= 4 is 5.91 Å². The van der Waals surface area contributed by atoms with Gasteiger partial charge in [-0.25, -0.2) is 0 Å². The second-order valence-corrected chi connectivity index (χ2v) is 3.83. The first kappa shape index (κ1) is 12.5. The molecule has 0 spiro atoms. The normalized spacial score (nSPS) is 13.9. The molecule has 0 aliphatic carbocycles. The maximum absolute atomic E-state index is 11.6. The molecule has 1 aromatic carbocycles. The van der Waals surface area contributed by atoms with Crippen LogP contribution < -0.4 is 11.1 Å². The van der Waals surface area contributed by atoms with Gasteiger partial charge in [0.2, 0.25) is 5.91 Å². The zero-order chi connectivity index (χ0) is 12.0. The van der Waals surface area contributed by atoms with Crippen molar-refractivity contribution in [1.29, 1.82) is 0 Å². The Balaban J connectivity index is 2.49. The SMILES string of the molecule is C=CC(C)NC(=O)C(N)Cc1ccccc1. The van der Waals surface area contributed by atoms with Crippen LogP contribution in [0, 0.1) is 0 Å². The first-order chi connectivity index (χ1) is 7.63. The molecular weight excluding hydrogens is 200 g/mol. The predicted molar refractivity (Wildman–Crippen MR) is 65.9 cm³/mol. The molecule has 1 amide bonds. The van der Waals surface area contributed by atoms with Gasteiger partial charge in [0, 0.05) is 6.04 Å². The van der Waals surface area contributed by atoms with Crippen LogP contribution in [0.1, 0.15) is 12.5 Å². The van der Waals surface area contributed by atoms with E-state index in [0.29, 0.717) is 6.42 Å². The third-order valence-corrected chi connectivity index (χ3v) is 2.36. The minimum Gasteiger partial charge on any atom is -0.349 e. The molecule has 2 atom stereocenters. The van der Waals surface area contributed by atoms with Gasteiger partial charge in [-0.2, -0.15) is 0 Å². The highest BCUT2D eigenvalue weighted by molar-refractivity contribution is 5.82. The third kappa shape index (κ3) is 3.87. The summed E-state index contributed by atoms with van der Waals surface area (Å²) in [6, 6.07) is 9.18. The minimum atomic E-state index is -0.509. The lowest BCUT2D eigenvalue weighted by molar-refractivity contribution is -0.122. The summed E-state index contributed by atoms with van der Waals surface area (Å²) >= 11 is 0. The van der Waals surface area contributed by atoms with Crippen LogP contribution in [0.5, 0.6) is 0 Å². The zero-order valence-corrected chi connectivity index (χ0v) is 9.52. The fourth-order valence-electron chi connectivity index (χ4n) is 1.35. The van der Waals surface area contributed by atoms with E-state index in [4.69, 9.17) is 5.73 Å². The van der Waals surface area contributed by atoms with E-state index in [2.05, 4.69) is 11.9 Å². The van der Waals surface area contributed by atoms with Gasteiger partial charge in [0.05, 0.1) is 6.04 Å². The monoisotopic (exact) mass is 218 g/mol. The predicted octanol–water partition coefficient (Wildman–Crippen LogP) is 1.25. The highest BCUT2D eigenvalue weighted by Crippen LogP contribution is 2.02. The summed E-state index contributed by atoms with van der Waals surface area (Å²) in [6.45, 7) is 5.46.